The molecule has 15 heavy (non-hydrogen) atoms. The number of carboxylic acids is 1. The molecule has 1 aliphatic carbocycles. The Balaban J connectivity index is 2.08. The van der Waals surface area contributed by atoms with E-state index in [1.807, 2.05) is 17.4 Å². The first kappa shape index (κ1) is 10.4. The summed E-state index contributed by atoms with van der Waals surface area (Å²) in [5.74, 6) is -0.443. The summed E-state index contributed by atoms with van der Waals surface area (Å²) < 4.78 is 0. The van der Waals surface area contributed by atoms with E-state index in [4.69, 9.17) is 5.11 Å². The zero-order chi connectivity index (χ0) is 10.7. The van der Waals surface area contributed by atoms with Crippen LogP contribution in [-0.4, -0.2) is 11.1 Å². The maximum atomic E-state index is 10.4. The number of aliphatic carboxylic acids is 1. The third kappa shape index (κ3) is 2.69. The van der Waals surface area contributed by atoms with E-state index >= 15 is 0 Å². The normalized spacial score (nSPS) is 21.2. The van der Waals surface area contributed by atoms with Gasteiger partial charge in [-0.1, -0.05) is 6.08 Å². The highest BCUT2D eigenvalue weighted by Gasteiger charge is 2.15. The average molecular weight is 222 g/mol. The Morgan fingerprint density at radius 1 is 1.60 bits per heavy atom. The van der Waals surface area contributed by atoms with E-state index in [1.54, 1.807) is 0 Å². The van der Waals surface area contributed by atoms with Crippen LogP contribution in [-0.2, 0) is 17.6 Å². The third-order valence-electron chi connectivity index (χ3n) is 2.81. The van der Waals surface area contributed by atoms with Gasteiger partial charge < -0.3 is 5.11 Å². The molecule has 1 heterocycles. The lowest BCUT2D eigenvalue weighted by molar-refractivity contribution is -0.131. The standard InChI is InChI=1S/C12H14O2S/c13-12(14)5-4-9-2-1-3-11-10(8-9)6-7-15-11/h4-7,9H,1-3,8H2,(H,13,14)/b5-4+. The molecule has 1 aromatic heterocycles. The van der Waals surface area contributed by atoms with Crippen molar-refractivity contribution in [1.82, 2.24) is 0 Å². The molecule has 1 N–H and O–H groups in total. The van der Waals surface area contributed by atoms with Gasteiger partial charge in [-0.3, -0.25) is 0 Å². The fraction of sp³-hybridized carbons (Fsp3) is 0.417. The number of rotatable bonds is 2. The van der Waals surface area contributed by atoms with Crippen LogP contribution in [0.1, 0.15) is 23.3 Å². The van der Waals surface area contributed by atoms with Crippen molar-refractivity contribution in [2.75, 3.05) is 0 Å². The molecule has 0 amide bonds. The number of hydrogen-bond donors (Lipinski definition) is 1. The highest BCUT2D eigenvalue weighted by atomic mass is 32.1. The summed E-state index contributed by atoms with van der Waals surface area (Å²) in [6.07, 6.45) is 7.55. The maximum absolute atomic E-state index is 10.4. The number of hydrogen-bond acceptors (Lipinski definition) is 2. The Labute approximate surface area is 93.3 Å². The summed E-state index contributed by atoms with van der Waals surface area (Å²) in [4.78, 5) is 11.9. The smallest absolute Gasteiger partial charge is 0.327 e. The minimum atomic E-state index is -0.843. The first-order valence-electron chi connectivity index (χ1n) is 5.22. The van der Waals surface area contributed by atoms with Crippen LogP contribution in [0.2, 0.25) is 0 Å². The molecular formula is C12H14O2S. The highest BCUT2D eigenvalue weighted by molar-refractivity contribution is 7.10. The molecule has 0 aromatic carbocycles. The molecule has 2 rings (SSSR count). The average Bonchev–Trinajstić information content (AvgIpc) is 2.53. The summed E-state index contributed by atoms with van der Waals surface area (Å²) in [6, 6.07) is 2.17. The second-order valence-corrected chi connectivity index (χ2v) is 4.92. The summed E-state index contributed by atoms with van der Waals surface area (Å²) in [5.41, 5.74) is 1.41. The minimum Gasteiger partial charge on any atom is -0.478 e. The summed E-state index contributed by atoms with van der Waals surface area (Å²) >= 11 is 1.82. The van der Waals surface area contributed by atoms with E-state index < -0.39 is 5.97 Å². The quantitative estimate of drug-likeness (QED) is 0.617. The van der Waals surface area contributed by atoms with Gasteiger partial charge in [-0.05, 0) is 48.6 Å². The molecule has 0 radical (unpaired) electrons. The van der Waals surface area contributed by atoms with Gasteiger partial charge in [0.05, 0.1) is 0 Å². The molecule has 0 fully saturated rings. The summed E-state index contributed by atoms with van der Waals surface area (Å²) in [5, 5.41) is 10.7. The van der Waals surface area contributed by atoms with Gasteiger partial charge in [0.15, 0.2) is 0 Å². The number of fused-ring (bicyclic) bond motifs is 1. The van der Waals surface area contributed by atoms with Gasteiger partial charge in [0.2, 0.25) is 0 Å². The van der Waals surface area contributed by atoms with Crippen molar-refractivity contribution in [1.29, 1.82) is 0 Å². The van der Waals surface area contributed by atoms with Gasteiger partial charge in [-0.15, -0.1) is 11.3 Å². The number of allylic oxidation sites excluding steroid dienone is 1. The molecule has 1 atom stereocenters. The van der Waals surface area contributed by atoms with Crippen molar-refractivity contribution in [3.63, 3.8) is 0 Å². The van der Waals surface area contributed by atoms with Crippen LogP contribution < -0.4 is 0 Å². The van der Waals surface area contributed by atoms with Crippen LogP contribution in [0.3, 0.4) is 0 Å². The zero-order valence-electron chi connectivity index (χ0n) is 8.48. The highest BCUT2D eigenvalue weighted by Crippen LogP contribution is 2.28. The van der Waals surface area contributed by atoms with Crippen molar-refractivity contribution in [2.45, 2.75) is 25.7 Å². The van der Waals surface area contributed by atoms with E-state index in [2.05, 4.69) is 11.4 Å². The monoisotopic (exact) mass is 222 g/mol. The molecule has 1 aromatic rings. The lowest BCUT2D eigenvalue weighted by Gasteiger charge is -2.07. The van der Waals surface area contributed by atoms with Crippen LogP contribution >= 0.6 is 11.3 Å². The van der Waals surface area contributed by atoms with Crippen LogP contribution in [0.4, 0.5) is 0 Å². The Morgan fingerprint density at radius 2 is 2.47 bits per heavy atom. The van der Waals surface area contributed by atoms with E-state index in [0.29, 0.717) is 5.92 Å². The van der Waals surface area contributed by atoms with Gasteiger partial charge in [0.25, 0.3) is 0 Å². The number of aryl methyl sites for hydroxylation is 1. The second kappa shape index (κ2) is 4.62. The first-order chi connectivity index (χ1) is 7.25. The van der Waals surface area contributed by atoms with Crippen molar-refractivity contribution < 1.29 is 9.90 Å². The van der Waals surface area contributed by atoms with Gasteiger partial charge in [0.1, 0.15) is 0 Å². The maximum Gasteiger partial charge on any atom is 0.327 e. The van der Waals surface area contributed by atoms with Gasteiger partial charge in [-0.2, -0.15) is 0 Å². The Morgan fingerprint density at radius 3 is 3.27 bits per heavy atom. The minimum absolute atomic E-state index is 0.400. The largest absolute Gasteiger partial charge is 0.478 e. The van der Waals surface area contributed by atoms with Crippen LogP contribution in [0.25, 0.3) is 0 Å². The third-order valence-corrected chi connectivity index (χ3v) is 3.83. The van der Waals surface area contributed by atoms with Crippen LogP contribution in [0, 0.1) is 5.92 Å². The van der Waals surface area contributed by atoms with E-state index in [9.17, 15) is 4.79 Å². The lowest BCUT2D eigenvalue weighted by Crippen LogP contribution is -2.00. The molecule has 0 saturated carbocycles. The lowest BCUT2D eigenvalue weighted by atomic mass is 9.98. The summed E-state index contributed by atoms with van der Waals surface area (Å²) in [6.45, 7) is 0. The Bertz CT molecular complexity index is 379. The van der Waals surface area contributed by atoms with Gasteiger partial charge in [0, 0.05) is 11.0 Å². The van der Waals surface area contributed by atoms with Crippen LogP contribution in [0.15, 0.2) is 23.6 Å². The predicted octanol–water partition coefficient (Wildman–Crippen LogP) is 2.88. The van der Waals surface area contributed by atoms with Crippen molar-refractivity contribution in [2.24, 2.45) is 5.92 Å². The van der Waals surface area contributed by atoms with E-state index in [1.165, 1.54) is 22.9 Å². The van der Waals surface area contributed by atoms with E-state index in [-0.39, 0.29) is 0 Å². The number of thiophene rings is 1. The molecule has 0 spiro atoms. The molecule has 2 nitrogen and oxygen atoms in total. The van der Waals surface area contributed by atoms with Gasteiger partial charge in [-0.25, -0.2) is 4.79 Å². The fourth-order valence-electron chi connectivity index (χ4n) is 2.06. The number of carbonyl (C=O) groups is 1. The van der Waals surface area contributed by atoms with Gasteiger partial charge >= 0.3 is 5.97 Å². The molecule has 1 unspecified atom stereocenters. The Hall–Kier alpha value is -1.09. The molecular weight excluding hydrogens is 208 g/mol. The first-order valence-corrected chi connectivity index (χ1v) is 6.10. The second-order valence-electron chi connectivity index (χ2n) is 3.92. The molecule has 1 aliphatic rings. The fourth-order valence-corrected chi connectivity index (χ4v) is 3.02. The SMILES string of the molecule is O=C(O)/C=C/C1CCCc2sccc2C1. The molecule has 80 valence electrons. The van der Waals surface area contributed by atoms with E-state index in [0.717, 1.165) is 19.3 Å². The van der Waals surface area contributed by atoms with Crippen molar-refractivity contribution in [3.8, 4) is 0 Å². The number of carboxylic acid groups (broad SMARTS) is 1. The molecule has 0 bridgehead atoms. The summed E-state index contributed by atoms with van der Waals surface area (Å²) in [7, 11) is 0. The zero-order valence-corrected chi connectivity index (χ0v) is 9.30. The molecule has 3 heteroatoms. The van der Waals surface area contributed by atoms with Crippen LogP contribution in [0.5, 0.6) is 0 Å². The Kier molecular flexibility index (Phi) is 3.21. The molecule has 0 saturated heterocycles. The topological polar surface area (TPSA) is 37.3 Å². The molecule has 0 aliphatic heterocycles. The predicted molar refractivity (Wildman–Crippen MR) is 61.2 cm³/mol. The van der Waals surface area contributed by atoms with Crippen molar-refractivity contribution in [3.05, 3.63) is 34.0 Å². The van der Waals surface area contributed by atoms with Crippen molar-refractivity contribution >= 4 is 17.3 Å².